The van der Waals surface area contributed by atoms with Gasteiger partial charge in [-0.1, -0.05) is 19.1 Å². The number of carbonyl (C=O) groups is 1. The second-order valence-corrected chi connectivity index (χ2v) is 4.73. The summed E-state index contributed by atoms with van der Waals surface area (Å²) >= 11 is 0. The first kappa shape index (κ1) is 14.1. The van der Waals surface area contributed by atoms with Crippen molar-refractivity contribution >= 4 is 16.1 Å². The number of rotatable bonds is 5. The number of hydrogen-bond donors (Lipinski definition) is 0. The van der Waals surface area contributed by atoms with Gasteiger partial charge in [0.15, 0.2) is 6.10 Å². The number of carbonyl (C=O) groups excluding carboxylic acids is 1. The van der Waals surface area contributed by atoms with Crippen molar-refractivity contribution in [3.8, 4) is 0 Å². The van der Waals surface area contributed by atoms with Crippen molar-refractivity contribution in [3.05, 3.63) is 12.2 Å². The van der Waals surface area contributed by atoms with E-state index in [9.17, 15) is 13.2 Å². The topological polar surface area (TPSA) is 69.7 Å². The second kappa shape index (κ2) is 5.87. The fourth-order valence-electron chi connectivity index (χ4n) is 1.05. The van der Waals surface area contributed by atoms with E-state index in [2.05, 4.69) is 8.92 Å². The third-order valence-electron chi connectivity index (χ3n) is 1.69. The van der Waals surface area contributed by atoms with Gasteiger partial charge in [0.1, 0.15) is 0 Å². The van der Waals surface area contributed by atoms with E-state index < -0.39 is 22.2 Å². The van der Waals surface area contributed by atoms with E-state index >= 15 is 0 Å². The van der Waals surface area contributed by atoms with Crippen LogP contribution in [0.5, 0.6) is 0 Å². The van der Waals surface area contributed by atoms with Crippen molar-refractivity contribution in [1.82, 2.24) is 0 Å². The van der Waals surface area contributed by atoms with Gasteiger partial charge >= 0.3 is 5.97 Å². The van der Waals surface area contributed by atoms with E-state index in [4.69, 9.17) is 0 Å². The van der Waals surface area contributed by atoms with Crippen molar-refractivity contribution in [2.75, 3.05) is 13.4 Å². The lowest BCUT2D eigenvalue weighted by Gasteiger charge is -2.17. The summed E-state index contributed by atoms with van der Waals surface area (Å²) in [4.78, 5) is 11.3. The average Bonchev–Trinajstić information content (AvgIpc) is 2.12. The van der Waals surface area contributed by atoms with Crippen LogP contribution in [0.1, 0.15) is 13.8 Å². The molecule has 0 aliphatic carbocycles. The van der Waals surface area contributed by atoms with Crippen LogP contribution >= 0.6 is 0 Å². The molecule has 0 spiro atoms. The molecule has 0 bridgehead atoms. The molecule has 0 fully saturated rings. The normalized spacial score (nSPS) is 16.3. The van der Waals surface area contributed by atoms with E-state index in [0.29, 0.717) is 0 Å². The van der Waals surface area contributed by atoms with Gasteiger partial charge in [0.05, 0.1) is 13.4 Å². The van der Waals surface area contributed by atoms with Gasteiger partial charge in [-0.3, -0.25) is 4.18 Å². The molecule has 0 aliphatic rings. The lowest BCUT2D eigenvalue weighted by Crippen LogP contribution is -2.33. The Kier molecular flexibility index (Phi) is 5.53. The van der Waals surface area contributed by atoms with Crippen molar-refractivity contribution in [2.45, 2.75) is 20.0 Å². The minimum absolute atomic E-state index is 0.364. The lowest BCUT2D eigenvalue weighted by molar-refractivity contribution is -0.150. The molecule has 0 aromatic rings. The molecule has 6 heteroatoms. The number of esters is 1. The van der Waals surface area contributed by atoms with Gasteiger partial charge in [0.25, 0.3) is 10.1 Å². The zero-order valence-electron chi connectivity index (χ0n) is 9.26. The Morgan fingerprint density at radius 1 is 1.40 bits per heavy atom. The van der Waals surface area contributed by atoms with Gasteiger partial charge in [-0.25, -0.2) is 4.79 Å². The van der Waals surface area contributed by atoms with Crippen LogP contribution in [0.4, 0.5) is 0 Å². The van der Waals surface area contributed by atoms with Crippen LogP contribution in [0, 0.1) is 5.92 Å². The summed E-state index contributed by atoms with van der Waals surface area (Å²) in [6, 6.07) is 0. The maximum absolute atomic E-state index is 11.3. The molecule has 15 heavy (non-hydrogen) atoms. The van der Waals surface area contributed by atoms with E-state index in [0.717, 1.165) is 6.26 Å². The van der Waals surface area contributed by atoms with Crippen LogP contribution in [-0.2, 0) is 23.8 Å². The number of allylic oxidation sites excluding steroid dienone is 1. The number of hydrogen-bond acceptors (Lipinski definition) is 5. The highest BCUT2D eigenvalue weighted by molar-refractivity contribution is 7.86. The molecule has 0 heterocycles. The predicted octanol–water partition coefficient (Wildman–Crippen LogP) is 0.716. The first-order chi connectivity index (χ1) is 6.81. The van der Waals surface area contributed by atoms with Gasteiger partial charge in [-0.15, -0.1) is 0 Å². The summed E-state index contributed by atoms with van der Waals surface area (Å²) in [5, 5.41) is 0. The quantitative estimate of drug-likeness (QED) is 0.399. The largest absolute Gasteiger partial charge is 0.467 e. The molecule has 2 atom stereocenters. The molecular weight excluding hydrogens is 220 g/mol. The fraction of sp³-hybridized carbons (Fsp3) is 0.667. The average molecular weight is 236 g/mol. The molecule has 0 amide bonds. The van der Waals surface area contributed by atoms with Crippen molar-refractivity contribution in [1.29, 1.82) is 0 Å². The number of ether oxygens (including phenoxy) is 1. The molecule has 0 saturated heterocycles. The van der Waals surface area contributed by atoms with E-state index in [1.165, 1.54) is 7.11 Å². The van der Waals surface area contributed by atoms with Gasteiger partial charge in [0.2, 0.25) is 0 Å². The summed E-state index contributed by atoms with van der Waals surface area (Å²) in [5.74, 6) is -1.07. The highest BCUT2D eigenvalue weighted by Crippen LogP contribution is 2.13. The molecule has 0 rings (SSSR count). The summed E-state index contributed by atoms with van der Waals surface area (Å²) in [7, 11) is -2.49. The van der Waals surface area contributed by atoms with Gasteiger partial charge in [-0.05, 0) is 6.92 Å². The second-order valence-electron chi connectivity index (χ2n) is 3.13. The van der Waals surface area contributed by atoms with E-state index in [1.54, 1.807) is 26.0 Å². The first-order valence-electron chi connectivity index (χ1n) is 4.40. The maximum Gasteiger partial charge on any atom is 0.337 e. The van der Waals surface area contributed by atoms with Gasteiger partial charge in [-0.2, -0.15) is 8.42 Å². The Bertz CT molecular complexity index is 330. The van der Waals surface area contributed by atoms with Crippen LogP contribution in [-0.4, -0.2) is 33.9 Å². The fourth-order valence-corrected chi connectivity index (χ4v) is 1.68. The van der Waals surface area contributed by atoms with Crippen LogP contribution in [0.25, 0.3) is 0 Å². The molecule has 0 aliphatic heterocycles. The predicted molar refractivity (Wildman–Crippen MR) is 55.7 cm³/mol. The Morgan fingerprint density at radius 3 is 2.27 bits per heavy atom. The van der Waals surface area contributed by atoms with Crippen molar-refractivity contribution in [2.24, 2.45) is 5.92 Å². The summed E-state index contributed by atoms with van der Waals surface area (Å²) in [6.07, 6.45) is 3.16. The monoisotopic (exact) mass is 236 g/mol. The van der Waals surface area contributed by atoms with E-state index in [-0.39, 0.29) is 5.92 Å². The highest BCUT2D eigenvalue weighted by atomic mass is 32.2. The molecule has 0 N–H and O–H groups in total. The van der Waals surface area contributed by atoms with Crippen LogP contribution in [0.3, 0.4) is 0 Å². The minimum atomic E-state index is -3.68. The standard InChI is InChI=1S/C9H16O5S/c1-5-6-7(2)8(9(10)13-3)14-15(4,11)12/h5-8H,1-4H3/b6-5-/t7-,8+/m0/s1. The Morgan fingerprint density at radius 2 is 1.93 bits per heavy atom. The molecule has 0 saturated carbocycles. The summed E-state index contributed by atoms with van der Waals surface area (Å²) in [5.41, 5.74) is 0. The zero-order chi connectivity index (χ0) is 12.1. The van der Waals surface area contributed by atoms with Crippen molar-refractivity contribution in [3.63, 3.8) is 0 Å². The van der Waals surface area contributed by atoms with E-state index in [1.807, 2.05) is 0 Å². The first-order valence-corrected chi connectivity index (χ1v) is 6.22. The maximum atomic E-state index is 11.3. The van der Waals surface area contributed by atoms with Crippen molar-refractivity contribution < 1.29 is 22.1 Å². The van der Waals surface area contributed by atoms with Crippen LogP contribution in [0.2, 0.25) is 0 Å². The SMILES string of the molecule is C/C=C\[C@H](C)[C@@H](OS(C)(=O)=O)C(=O)OC. The minimum Gasteiger partial charge on any atom is -0.467 e. The molecule has 0 unspecified atom stereocenters. The summed E-state index contributed by atoms with van der Waals surface area (Å²) in [6.45, 7) is 3.44. The molecule has 0 aromatic carbocycles. The third kappa shape index (κ3) is 5.54. The lowest BCUT2D eigenvalue weighted by atomic mass is 10.1. The molecule has 5 nitrogen and oxygen atoms in total. The Labute approximate surface area is 90.2 Å². The van der Waals surface area contributed by atoms with Crippen LogP contribution < -0.4 is 0 Å². The Balaban J connectivity index is 4.81. The Hall–Kier alpha value is -0.880. The van der Waals surface area contributed by atoms with Gasteiger partial charge < -0.3 is 4.74 Å². The third-order valence-corrected chi connectivity index (χ3v) is 2.24. The zero-order valence-corrected chi connectivity index (χ0v) is 10.1. The molecule has 88 valence electrons. The van der Waals surface area contributed by atoms with Crippen LogP contribution in [0.15, 0.2) is 12.2 Å². The van der Waals surface area contributed by atoms with Gasteiger partial charge in [0, 0.05) is 5.92 Å². The summed E-state index contributed by atoms with van der Waals surface area (Å²) < 4.78 is 30.9. The smallest absolute Gasteiger partial charge is 0.337 e. The molecular formula is C9H16O5S. The molecule has 0 aromatic heterocycles. The highest BCUT2D eigenvalue weighted by Gasteiger charge is 2.28. The molecule has 0 radical (unpaired) electrons. The number of methoxy groups -OCH3 is 1.